The minimum atomic E-state index is 0.0850. The zero-order valence-electron chi connectivity index (χ0n) is 7.13. The maximum absolute atomic E-state index is 10.8. The molecule has 0 saturated carbocycles. The second-order valence-electron chi connectivity index (χ2n) is 2.63. The highest BCUT2D eigenvalue weighted by molar-refractivity contribution is 7.80. The number of carbonyl (C=O) groups excluding carboxylic acids is 1. The van der Waals surface area contributed by atoms with Crippen LogP contribution in [0.15, 0.2) is 0 Å². The van der Waals surface area contributed by atoms with Gasteiger partial charge in [0.05, 0.1) is 0 Å². The zero-order chi connectivity index (χ0) is 8.69. The minimum absolute atomic E-state index is 0.0850. The van der Waals surface area contributed by atoms with Crippen molar-refractivity contribution in [1.29, 1.82) is 0 Å². The van der Waals surface area contributed by atoms with Gasteiger partial charge in [-0.05, 0) is 19.8 Å². The largest absolute Gasteiger partial charge is 0.355 e. The highest BCUT2D eigenvalue weighted by atomic mass is 32.1. The average molecular weight is 176 g/mol. The first kappa shape index (κ1) is 10.8. The summed E-state index contributed by atoms with van der Waals surface area (Å²) in [6, 6.07) is 0. The fourth-order valence-electron chi connectivity index (χ4n) is 0.609. The molecule has 0 spiro atoms. The number of rotatable bonds is 5. The van der Waals surface area contributed by atoms with Crippen LogP contribution in [-0.4, -0.2) is 43.7 Å². The molecule has 0 bridgehead atoms. The second kappa shape index (κ2) is 6.49. The van der Waals surface area contributed by atoms with E-state index in [1.54, 1.807) is 0 Å². The van der Waals surface area contributed by atoms with Gasteiger partial charge in [-0.1, -0.05) is 0 Å². The minimum Gasteiger partial charge on any atom is -0.355 e. The second-order valence-corrected chi connectivity index (χ2v) is 3.07. The number of hydrogen-bond donors (Lipinski definition) is 2. The van der Waals surface area contributed by atoms with Gasteiger partial charge in [-0.3, -0.25) is 4.79 Å². The quantitative estimate of drug-likeness (QED) is 0.577. The normalized spacial score (nSPS) is 10.2. The fraction of sp³-hybridized carbons (Fsp3) is 0.857. The Kier molecular flexibility index (Phi) is 6.36. The van der Waals surface area contributed by atoms with E-state index in [-0.39, 0.29) is 5.91 Å². The van der Waals surface area contributed by atoms with Gasteiger partial charge in [0.1, 0.15) is 0 Å². The van der Waals surface area contributed by atoms with E-state index in [0.29, 0.717) is 12.2 Å². The number of hydrogen-bond acceptors (Lipinski definition) is 3. The summed E-state index contributed by atoms with van der Waals surface area (Å²) in [5.41, 5.74) is 0. The number of carbonyl (C=O) groups is 1. The summed E-state index contributed by atoms with van der Waals surface area (Å²) in [6.07, 6.45) is 0.510. The Morgan fingerprint density at radius 1 is 1.55 bits per heavy atom. The van der Waals surface area contributed by atoms with E-state index in [2.05, 4.69) is 17.9 Å². The molecule has 0 aromatic heterocycles. The monoisotopic (exact) mass is 176 g/mol. The Morgan fingerprint density at radius 3 is 2.64 bits per heavy atom. The topological polar surface area (TPSA) is 32.3 Å². The lowest BCUT2D eigenvalue weighted by molar-refractivity contribution is -0.120. The molecule has 4 heteroatoms. The molecular formula is C7H16N2OS. The molecular weight excluding hydrogens is 160 g/mol. The standard InChI is InChI=1S/C7H16N2OS/c1-9(2)5-4-8-7(10)3-6-11/h11H,3-6H2,1-2H3,(H,8,10). The third-order valence-electron chi connectivity index (χ3n) is 1.22. The molecule has 0 saturated heterocycles. The Bertz CT molecular complexity index is 117. The van der Waals surface area contributed by atoms with Gasteiger partial charge in [-0.15, -0.1) is 0 Å². The molecule has 0 aliphatic carbocycles. The highest BCUT2D eigenvalue weighted by Gasteiger charge is 1.97. The number of likely N-dealkylation sites (N-methyl/N-ethyl adjacent to an activating group) is 1. The lowest BCUT2D eigenvalue weighted by Gasteiger charge is -2.09. The van der Waals surface area contributed by atoms with E-state index in [1.165, 1.54) is 0 Å². The molecule has 0 aromatic carbocycles. The molecule has 0 radical (unpaired) electrons. The van der Waals surface area contributed by atoms with E-state index in [0.717, 1.165) is 13.1 Å². The van der Waals surface area contributed by atoms with Crippen molar-refractivity contribution in [3.63, 3.8) is 0 Å². The summed E-state index contributed by atoms with van der Waals surface area (Å²) in [7, 11) is 3.95. The summed E-state index contributed by atoms with van der Waals surface area (Å²) in [6.45, 7) is 1.61. The van der Waals surface area contributed by atoms with Crippen LogP contribution in [0.1, 0.15) is 6.42 Å². The van der Waals surface area contributed by atoms with Crippen LogP contribution in [0.25, 0.3) is 0 Å². The van der Waals surface area contributed by atoms with Crippen LogP contribution in [-0.2, 0) is 4.79 Å². The van der Waals surface area contributed by atoms with Crippen molar-refractivity contribution in [3.05, 3.63) is 0 Å². The lowest BCUT2D eigenvalue weighted by Crippen LogP contribution is -2.31. The van der Waals surface area contributed by atoms with E-state index >= 15 is 0 Å². The van der Waals surface area contributed by atoms with E-state index in [1.807, 2.05) is 19.0 Å². The van der Waals surface area contributed by atoms with Crippen LogP contribution < -0.4 is 5.32 Å². The first-order valence-electron chi connectivity index (χ1n) is 3.69. The Labute approximate surface area is 73.6 Å². The van der Waals surface area contributed by atoms with Crippen LogP contribution in [0.3, 0.4) is 0 Å². The van der Waals surface area contributed by atoms with Gasteiger partial charge in [0, 0.05) is 19.5 Å². The predicted molar refractivity (Wildman–Crippen MR) is 50.0 cm³/mol. The van der Waals surface area contributed by atoms with Crippen molar-refractivity contribution >= 4 is 18.5 Å². The maximum atomic E-state index is 10.8. The SMILES string of the molecule is CN(C)CCNC(=O)CCS. The summed E-state index contributed by atoms with van der Waals surface area (Å²) in [4.78, 5) is 12.9. The molecule has 0 aliphatic rings. The molecule has 1 amide bonds. The van der Waals surface area contributed by atoms with Crippen LogP contribution >= 0.6 is 12.6 Å². The van der Waals surface area contributed by atoms with E-state index < -0.39 is 0 Å². The van der Waals surface area contributed by atoms with Crippen molar-refractivity contribution in [2.75, 3.05) is 32.9 Å². The van der Waals surface area contributed by atoms with Gasteiger partial charge in [-0.25, -0.2) is 0 Å². The molecule has 1 N–H and O–H groups in total. The van der Waals surface area contributed by atoms with E-state index in [4.69, 9.17) is 0 Å². The predicted octanol–water partition coefficient (Wildman–Crippen LogP) is -0.0159. The van der Waals surface area contributed by atoms with Crippen molar-refractivity contribution in [2.24, 2.45) is 0 Å². The van der Waals surface area contributed by atoms with Crippen LogP contribution in [0.5, 0.6) is 0 Å². The van der Waals surface area contributed by atoms with E-state index in [9.17, 15) is 4.79 Å². The van der Waals surface area contributed by atoms with Gasteiger partial charge < -0.3 is 10.2 Å². The Balaban J connectivity index is 3.17. The molecule has 0 unspecified atom stereocenters. The molecule has 0 heterocycles. The highest BCUT2D eigenvalue weighted by Crippen LogP contribution is 1.82. The number of nitrogens with one attached hydrogen (secondary N) is 1. The fourth-order valence-corrected chi connectivity index (χ4v) is 0.812. The summed E-state index contributed by atoms with van der Waals surface area (Å²) < 4.78 is 0. The maximum Gasteiger partial charge on any atom is 0.220 e. The van der Waals surface area contributed by atoms with Gasteiger partial charge >= 0.3 is 0 Å². The Hall–Kier alpha value is -0.220. The molecule has 3 nitrogen and oxygen atoms in total. The molecule has 66 valence electrons. The van der Waals surface area contributed by atoms with Crippen LogP contribution in [0.2, 0.25) is 0 Å². The van der Waals surface area contributed by atoms with Crippen molar-refractivity contribution < 1.29 is 4.79 Å². The van der Waals surface area contributed by atoms with Crippen LogP contribution in [0.4, 0.5) is 0 Å². The van der Waals surface area contributed by atoms with Crippen LogP contribution in [0, 0.1) is 0 Å². The van der Waals surface area contributed by atoms with Gasteiger partial charge in [0.25, 0.3) is 0 Å². The number of amides is 1. The third-order valence-corrected chi connectivity index (χ3v) is 1.44. The first-order chi connectivity index (χ1) is 5.16. The molecule has 0 aromatic rings. The molecule has 0 fully saturated rings. The number of thiol groups is 1. The molecule has 0 rings (SSSR count). The number of nitrogens with zero attached hydrogens (tertiary/aromatic N) is 1. The van der Waals surface area contributed by atoms with Crippen molar-refractivity contribution in [1.82, 2.24) is 10.2 Å². The molecule has 11 heavy (non-hydrogen) atoms. The summed E-state index contributed by atoms with van der Waals surface area (Å²) in [5.74, 6) is 0.704. The molecule has 0 atom stereocenters. The zero-order valence-corrected chi connectivity index (χ0v) is 8.03. The lowest BCUT2D eigenvalue weighted by atomic mass is 10.4. The third kappa shape index (κ3) is 7.68. The Morgan fingerprint density at radius 2 is 2.18 bits per heavy atom. The summed E-state index contributed by atoms with van der Waals surface area (Å²) in [5, 5.41) is 2.79. The molecule has 0 aliphatic heterocycles. The smallest absolute Gasteiger partial charge is 0.220 e. The van der Waals surface area contributed by atoms with Crippen molar-refractivity contribution in [2.45, 2.75) is 6.42 Å². The van der Waals surface area contributed by atoms with Gasteiger partial charge in [0.2, 0.25) is 5.91 Å². The summed E-state index contributed by atoms with van der Waals surface area (Å²) >= 11 is 3.95. The van der Waals surface area contributed by atoms with Crippen molar-refractivity contribution in [3.8, 4) is 0 Å². The van der Waals surface area contributed by atoms with Gasteiger partial charge in [0.15, 0.2) is 0 Å². The average Bonchev–Trinajstić information content (AvgIpc) is 1.87. The first-order valence-corrected chi connectivity index (χ1v) is 4.32. The van der Waals surface area contributed by atoms with Gasteiger partial charge in [-0.2, -0.15) is 12.6 Å².